The number of carbonyl (C=O) groups excluding carboxylic acids is 1. The molecule has 136 valence electrons. The minimum Gasteiger partial charge on any atom is -0.504 e. The fourth-order valence-electron chi connectivity index (χ4n) is 3.67. The van der Waals surface area contributed by atoms with Gasteiger partial charge in [-0.05, 0) is 43.1 Å². The first-order valence-corrected chi connectivity index (χ1v) is 9.13. The zero-order valence-electron chi connectivity index (χ0n) is 14.6. The predicted octanol–water partition coefficient (Wildman–Crippen LogP) is 2.32. The van der Waals surface area contributed by atoms with E-state index in [1.54, 1.807) is 18.5 Å². The molecule has 1 saturated heterocycles. The van der Waals surface area contributed by atoms with Crippen LogP contribution < -0.4 is 10.1 Å². The van der Waals surface area contributed by atoms with Crippen LogP contribution in [0.3, 0.4) is 0 Å². The summed E-state index contributed by atoms with van der Waals surface area (Å²) in [6, 6.07) is 7.36. The van der Waals surface area contributed by atoms with E-state index in [9.17, 15) is 9.90 Å². The van der Waals surface area contributed by atoms with Gasteiger partial charge in [-0.3, -0.25) is 9.78 Å². The standard InChI is InChI=1S/C20H23N3O3/c24-18-11-15(14-4-3-6-21-12-14)10-16-13-23(8-9-26-19(16)18)20(25)17-5-1-2-7-22-17/h3-4,6,10-12,17,22,24H,1-2,5,7-9,13H2/t17-/m0/s1. The third kappa shape index (κ3) is 3.37. The molecule has 0 radical (unpaired) electrons. The molecule has 0 bridgehead atoms. The van der Waals surface area contributed by atoms with Crippen molar-refractivity contribution in [3.63, 3.8) is 0 Å². The zero-order valence-corrected chi connectivity index (χ0v) is 14.6. The first-order chi connectivity index (χ1) is 12.7. The second kappa shape index (κ2) is 7.33. The zero-order chi connectivity index (χ0) is 17.9. The van der Waals surface area contributed by atoms with Crippen LogP contribution in [-0.4, -0.2) is 46.6 Å². The topological polar surface area (TPSA) is 74.7 Å². The number of phenolic OH excluding ortho intramolecular Hbond substituents is 1. The van der Waals surface area contributed by atoms with Crippen molar-refractivity contribution in [1.29, 1.82) is 0 Å². The van der Waals surface area contributed by atoms with Gasteiger partial charge in [0.2, 0.25) is 5.91 Å². The average molecular weight is 353 g/mol. The van der Waals surface area contributed by atoms with Crippen LogP contribution in [0.25, 0.3) is 11.1 Å². The number of amides is 1. The van der Waals surface area contributed by atoms with Crippen LogP contribution in [0, 0.1) is 0 Å². The van der Waals surface area contributed by atoms with E-state index in [1.807, 2.05) is 23.1 Å². The van der Waals surface area contributed by atoms with Gasteiger partial charge in [0, 0.05) is 30.1 Å². The normalized spacial score (nSPS) is 20.0. The summed E-state index contributed by atoms with van der Waals surface area (Å²) in [5.41, 5.74) is 2.61. The molecule has 2 N–H and O–H groups in total. The Bertz CT molecular complexity index is 788. The Labute approximate surface area is 152 Å². The van der Waals surface area contributed by atoms with E-state index in [4.69, 9.17) is 4.74 Å². The lowest BCUT2D eigenvalue weighted by Gasteiger charge is -2.29. The number of nitrogens with one attached hydrogen (secondary N) is 1. The highest BCUT2D eigenvalue weighted by Gasteiger charge is 2.28. The smallest absolute Gasteiger partial charge is 0.240 e. The number of benzene rings is 1. The summed E-state index contributed by atoms with van der Waals surface area (Å²) in [5, 5.41) is 13.8. The molecule has 1 fully saturated rings. The first kappa shape index (κ1) is 16.8. The molecule has 0 saturated carbocycles. The van der Waals surface area contributed by atoms with Crippen molar-refractivity contribution in [3.8, 4) is 22.6 Å². The summed E-state index contributed by atoms with van der Waals surface area (Å²) in [4.78, 5) is 18.9. The lowest BCUT2D eigenvalue weighted by atomic mass is 10.0. The van der Waals surface area contributed by atoms with Crippen molar-refractivity contribution in [1.82, 2.24) is 15.2 Å². The molecular formula is C20H23N3O3. The average Bonchev–Trinajstić information content (AvgIpc) is 2.91. The van der Waals surface area contributed by atoms with Gasteiger partial charge in [-0.25, -0.2) is 0 Å². The summed E-state index contributed by atoms with van der Waals surface area (Å²) in [6.45, 7) is 2.23. The van der Waals surface area contributed by atoms with Gasteiger partial charge in [-0.2, -0.15) is 0 Å². The quantitative estimate of drug-likeness (QED) is 0.867. The number of nitrogens with zero attached hydrogens (tertiary/aromatic N) is 2. The Morgan fingerprint density at radius 2 is 2.23 bits per heavy atom. The number of carbonyl (C=O) groups is 1. The summed E-state index contributed by atoms with van der Waals surface area (Å²) in [7, 11) is 0. The molecule has 6 heteroatoms. The molecule has 6 nitrogen and oxygen atoms in total. The molecule has 2 aliphatic rings. The minimum absolute atomic E-state index is 0.103. The number of ether oxygens (including phenoxy) is 1. The fourth-order valence-corrected chi connectivity index (χ4v) is 3.67. The van der Waals surface area contributed by atoms with Crippen molar-refractivity contribution in [2.75, 3.05) is 19.7 Å². The van der Waals surface area contributed by atoms with Crippen LogP contribution in [0.2, 0.25) is 0 Å². The number of piperidine rings is 1. The Kier molecular flexibility index (Phi) is 4.75. The van der Waals surface area contributed by atoms with E-state index in [0.29, 0.717) is 25.4 Å². The van der Waals surface area contributed by atoms with E-state index in [1.165, 1.54) is 0 Å². The maximum atomic E-state index is 12.9. The second-order valence-electron chi connectivity index (χ2n) is 6.84. The van der Waals surface area contributed by atoms with Crippen LogP contribution in [-0.2, 0) is 11.3 Å². The van der Waals surface area contributed by atoms with Crippen LogP contribution in [0.5, 0.6) is 11.5 Å². The van der Waals surface area contributed by atoms with Gasteiger partial charge < -0.3 is 20.1 Å². The summed E-state index contributed by atoms with van der Waals surface area (Å²) in [5.74, 6) is 0.698. The van der Waals surface area contributed by atoms with Gasteiger partial charge in [0.1, 0.15) is 6.61 Å². The van der Waals surface area contributed by atoms with Gasteiger partial charge >= 0.3 is 0 Å². The lowest BCUT2D eigenvalue weighted by Crippen LogP contribution is -2.48. The van der Waals surface area contributed by atoms with Crippen molar-refractivity contribution < 1.29 is 14.6 Å². The number of hydrogen-bond donors (Lipinski definition) is 2. The van der Waals surface area contributed by atoms with E-state index in [-0.39, 0.29) is 17.7 Å². The molecule has 0 unspecified atom stereocenters. The fraction of sp³-hybridized carbons (Fsp3) is 0.400. The Morgan fingerprint density at radius 3 is 3.00 bits per heavy atom. The highest BCUT2D eigenvalue weighted by molar-refractivity contribution is 5.82. The molecular weight excluding hydrogens is 330 g/mol. The predicted molar refractivity (Wildman–Crippen MR) is 97.9 cm³/mol. The summed E-state index contributed by atoms with van der Waals surface area (Å²) >= 11 is 0. The molecule has 1 amide bonds. The molecule has 0 aliphatic carbocycles. The van der Waals surface area contributed by atoms with Crippen molar-refractivity contribution in [2.24, 2.45) is 0 Å². The molecule has 4 rings (SSSR count). The number of aromatic hydroxyl groups is 1. The second-order valence-corrected chi connectivity index (χ2v) is 6.84. The molecule has 1 aromatic carbocycles. The number of aromatic nitrogens is 1. The summed E-state index contributed by atoms with van der Waals surface area (Å²) in [6.07, 6.45) is 6.56. The summed E-state index contributed by atoms with van der Waals surface area (Å²) < 4.78 is 5.76. The van der Waals surface area contributed by atoms with E-state index in [0.717, 1.165) is 42.5 Å². The third-order valence-electron chi connectivity index (χ3n) is 5.03. The van der Waals surface area contributed by atoms with Crippen LogP contribution in [0.15, 0.2) is 36.7 Å². The van der Waals surface area contributed by atoms with E-state index < -0.39 is 0 Å². The Balaban J connectivity index is 1.62. The van der Waals surface area contributed by atoms with Crippen LogP contribution >= 0.6 is 0 Å². The molecule has 1 atom stereocenters. The lowest BCUT2D eigenvalue weighted by molar-refractivity contribution is -0.134. The van der Waals surface area contributed by atoms with Gasteiger partial charge in [0.05, 0.1) is 12.6 Å². The molecule has 0 spiro atoms. The van der Waals surface area contributed by atoms with E-state index in [2.05, 4.69) is 10.3 Å². The van der Waals surface area contributed by atoms with Crippen LogP contribution in [0.1, 0.15) is 24.8 Å². The minimum atomic E-state index is -0.111. The van der Waals surface area contributed by atoms with Gasteiger partial charge in [0.25, 0.3) is 0 Å². The van der Waals surface area contributed by atoms with E-state index >= 15 is 0 Å². The Morgan fingerprint density at radius 1 is 1.31 bits per heavy atom. The molecule has 3 heterocycles. The number of fused-ring (bicyclic) bond motifs is 1. The van der Waals surface area contributed by atoms with Crippen molar-refractivity contribution in [3.05, 3.63) is 42.2 Å². The number of rotatable bonds is 2. The molecule has 26 heavy (non-hydrogen) atoms. The number of pyridine rings is 1. The SMILES string of the molecule is O=C([C@@H]1CCCCN1)N1CCOc2c(O)cc(-c3cccnc3)cc2C1. The Hall–Kier alpha value is -2.60. The monoisotopic (exact) mass is 353 g/mol. The maximum Gasteiger partial charge on any atom is 0.240 e. The van der Waals surface area contributed by atoms with Gasteiger partial charge in [0.15, 0.2) is 11.5 Å². The van der Waals surface area contributed by atoms with Crippen LogP contribution in [0.4, 0.5) is 0 Å². The highest BCUT2D eigenvalue weighted by atomic mass is 16.5. The van der Waals surface area contributed by atoms with Gasteiger partial charge in [-0.15, -0.1) is 0 Å². The molecule has 2 aromatic rings. The number of hydrogen-bond acceptors (Lipinski definition) is 5. The largest absolute Gasteiger partial charge is 0.504 e. The maximum absolute atomic E-state index is 12.9. The molecule has 2 aliphatic heterocycles. The first-order valence-electron chi connectivity index (χ1n) is 9.13. The highest BCUT2D eigenvalue weighted by Crippen LogP contribution is 2.37. The third-order valence-corrected chi connectivity index (χ3v) is 5.03. The molecule has 1 aromatic heterocycles. The number of phenols is 1. The van der Waals surface area contributed by atoms with Crippen molar-refractivity contribution >= 4 is 5.91 Å². The van der Waals surface area contributed by atoms with Crippen molar-refractivity contribution in [2.45, 2.75) is 31.8 Å². The van der Waals surface area contributed by atoms with Gasteiger partial charge in [-0.1, -0.05) is 12.5 Å².